The molecule has 8 heteroatoms. The molecule has 1 saturated heterocycles. The van der Waals surface area contributed by atoms with Crippen LogP contribution in [-0.2, 0) is 25.6 Å². The van der Waals surface area contributed by atoms with Gasteiger partial charge < -0.3 is 20.9 Å². The molecule has 1 heterocycles. The molecule has 1 fully saturated rings. The molecule has 1 aliphatic rings. The van der Waals surface area contributed by atoms with Crippen molar-refractivity contribution in [1.29, 1.82) is 0 Å². The molecule has 0 saturated carbocycles. The van der Waals surface area contributed by atoms with E-state index in [0.717, 1.165) is 22.8 Å². The minimum atomic E-state index is -0.486. The highest BCUT2D eigenvalue weighted by atomic mass is 16.2. The molecule has 2 aromatic rings. The third kappa shape index (κ3) is 5.14. The SMILES string of the molecule is CNC(=O)C1CCCN1C(=O)CNC(=O)CNC(=O)Cc1cccc2ccccc12. The lowest BCUT2D eigenvalue weighted by Crippen LogP contribution is -2.49. The van der Waals surface area contributed by atoms with Crippen molar-refractivity contribution in [2.45, 2.75) is 25.3 Å². The van der Waals surface area contributed by atoms with Crippen molar-refractivity contribution in [3.63, 3.8) is 0 Å². The zero-order chi connectivity index (χ0) is 21.5. The van der Waals surface area contributed by atoms with Crippen molar-refractivity contribution in [1.82, 2.24) is 20.9 Å². The number of likely N-dealkylation sites (tertiary alicyclic amines) is 1. The summed E-state index contributed by atoms with van der Waals surface area (Å²) in [6, 6.07) is 13.1. The van der Waals surface area contributed by atoms with Crippen LogP contribution in [0.5, 0.6) is 0 Å². The van der Waals surface area contributed by atoms with Crippen LogP contribution in [0, 0.1) is 0 Å². The normalized spacial score (nSPS) is 15.6. The molecule has 1 aliphatic heterocycles. The molecule has 0 radical (unpaired) electrons. The topological polar surface area (TPSA) is 108 Å². The standard InChI is InChI=1S/C22H26N4O4/c1-23-22(30)18-10-5-11-26(18)21(29)14-25-20(28)13-24-19(27)12-16-8-4-7-15-6-2-3-9-17(15)16/h2-4,6-9,18H,5,10-14H2,1H3,(H,23,30)(H,24,27)(H,25,28). The summed E-state index contributed by atoms with van der Waals surface area (Å²) in [7, 11) is 1.53. The van der Waals surface area contributed by atoms with E-state index in [1.165, 1.54) is 11.9 Å². The lowest BCUT2D eigenvalue weighted by Gasteiger charge is -2.23. The highest BCUT2D eigenvalue weighted by Crippen LogP contribution is 2.19. The van der Waals surface area contributed by atoms with Crippen LogP contribution < -0.4 is 16.0 Å². The van der Waals surface area contributed by atoms with Gasteiger partial charge in [-0.3, -0.25) is 19.2 Å². The number of rotatable bonds is 7. The van der Waals surface area contributed by atoms with Gasteiger partial charge in [0.05, 0.1) is 19.5 Å². The Morgan fingerprint density at radius 1 is 0.967 bits per heavy atom. The Kier molecular flexibility index (Phi) is 7.00. The van der Waals surface area contributed by atoms with Crippen molar-refractivity contribution in [2.75, 3.05) is 26.7 Å². The number of nitrogens with one attached hydrogen (secondary N) is 3. The van der Waals surface area contributed by atoms with E-state index in [2.05, 4.69) is 16.0 Å². The lowest BCUT2D eigenvalue weighted by molar-refractivity contribution is -0.138. The molecule has 0 bridgehead atoms. The van der Waals surface area contributed by atoms with Crippen LogP contribution in [0.3, 0.4) is 0 Å². The molecule has 0 spiro atoms. The fourth-order valence-corrected chi connectivity index (χ4v) is 3.70. The zero-order valence-electron chi connectivity index (χ0n) is 16.9. The van der Waals surface area contributed by atoms with Crippen molar-refractivity contribution in [3.8, 4) is 0 Å². The van der Waals surface area contributed by atoms with Crippen LogP contribution >= 0.6 is 0 Å². The number of hydrogen-bond donors (Lipinski definition) is 3. The molecule has 0 aromatic heterocycles. The second-order valence-corrected chi connectivity index (χ2v) is 7.23. The Bertz CT molecular complexity index is 954. The van der Waals surface area contributed by atoms with E-state index in [1.54, 1.807) is 0 Å². The highest BCUT2D eigenvalue weighted by Gasteiger charge is 2.33. The number of carbonyl (C=O) groups excluding carboxylic acids is 4. The third-order valence-corrected chi connectivity index (χ3v) is 5.24. The van der Waals surface area contributed by atoms with Gasteiger partial charge in [0, 0.05) is 13.6 Å². The molecule has 2 aromatic carbocycles. The molecule has 8 nitrogen and oxygen atoms in total. The molecule has 30 heavy (non-hydrogen) atoms. The second kappa shape index (κ2) is 9.87. The summed E-state index contributed by atoms with van der Waals surface area (Å²) in [5, 5.41) is 9.70. The van der Waals surface area contributed by atoms with Crippen LogP contribution in [0.1, 0.15) is 18.4 Å². The summed E-state index contributed by atoms with van der Waals surface area (Å²) in [4.78, 5) is 49.9. The molecule has 3 N–H and O–H groups in total. The van der Waals surface area contributed by atoms with Crippen LogP contribution in [0.15, 0.2) is 42.5 Å². The summed E-state index contributed by atoms with van der Waals surface area (Å²) in [5.41, 5.74) is 0.885. The molecule has 1 atom stereocenters. The van der Waals surface area contributed by atoms with Crippen molar-refractivity contribution in [3.05, 3.63) is 48.0 Å². The molecule has 1 unspecified atom stereocenters. The number of amides is 4. The fraction of sp³-hybridized carbons (Fsp3) is 0.364. The summed E-state index contributed by atoms with van der Waals surface area (Å²) in [6.45, 7) is 0.0792. The third-order valence-electron chi connectivity index (χ3n) is 5.24. The predicted molar refractivity (Wildman–Crippen MR) is 112 cm³/mol. The van der Waals surface area contributed by atoms with Gasteiger partial charge in [-0.05, 0) is 29.2 Å². The summed E-state index contributed by atoms with van der Waals surface area (Å²) < 4.78 is 0. The van der Waals surface area contributed by atoms with Crippen molar-refractivity contribution in [2.24, 2.45) is 0 Å². The molecule has 0 aliphatic carbocycles. The first kappa shape index (κ1) is 21.3. The van der Waals surface area contributed by atoms with Crippen LogP contribution in [0.4, 0.5) is 0 Å². The second-order valence-electron chi connectivity index (χ2n) is 7.23. The van der Waals surface area contributed by atoms with Gasteiger partial charge in [0.25, 0.3) is 0 Å². The Hall–Kier alpha value is -3.42. The monoisotopic (exact) mass is 410 g/mol. The molecular weight excluding hydrogens is 384 g/mol. The first-order valence-corrected chi connectivity index (χ1v) is 10.0. The average Bonchev–Trinajstić information content (AvgIpc) is 3.26. The van der Waals surface area contributed by atoms with Gasteiger partial charge in [0.1, 0.15) is 6.04 Å². The van der Waals surface area contributed by atoms with E-state index in [0.29, 0.717) is 13.0 Å². The Morgan fingerprint density at radius 3 is 2.50 bits per heavy atom. The van der Waals surface area contributed by atoms with Gasteiger partial charge >= 0.3 is 0 Å². The Balaban J connectivity index is 1.45. The molecular formula is C22H26N4O4. The van der Waals surface area contributed by atoms with Crippen LogP contribution in [0.25, 0.3) is 10.8 Å². The molecule has 3 rings (SSSR count). The minimum Gasteiger partial charge on any atom is -0.357 e. The Labute approximate surface area is 175 Å². The Morgan fingerprint density at radius 2 is 1.70 bits per heavy atom. The largest absolute Gasteiger partial charge is 0.357 e. The van der Waals surface area contributed by atoms with E-state index in [9.17, 15) is 19.2 Å². The van der Waals surface area contributed by atoms with Gasteiger partial charge in [0.2, 0.25) is 23.6 Å². The van der Waals surface area contributed by atoms with Crippen LogP contribution in [0.2, 0.25) is 0 Å². The smallest absolute Gasteiger partial charge is 0.242 e. The number of benzene rings is 2. The number of likely N-dealkylation sites (N-methyl/N-ethyl adjacent to an activating group) is 1. The minimum absolute atomic E-state index is 0.162. The number of nitrogens with zero attached hydrogens (tertiary/aromatic N) is 1. The number of hydrogen-bond acceptors (Lipinski definition) is 4. The maximum Gasteiger partial charge on any atom is 0.242 e. The average molecular weight is 410 g/mol. The van der Waals surface area contributed by atoms with Gasteiger partial charge in [-0.2, -0.15) is 0 Å². The summed E-state index contributed by atoms with van der Waals surface area (Å²) in [6.07, 6.45) is 1.53. The zero-order valence-corrected chi connectivity index (χ0v) is 16.9. The molecule has 158 valence electrons. The van der Waals surface area contributed by atoms with E-state index < -0.39 is 11.9 Å². The van der Waals surface area contributed by atoms with Crippen LogP contribution in [-0.4, -0.2) is 61.3 Å². The van der Waals surface area contributed by atoms with Gasteiger partial charge in [-0.25, -0.2) is 0 Å². The van der Waals surface area contributed by atoms with Gasteiger partial charge in [0.15, 0.2) is 0 Å². The maximum absolute atomic E-state index is 12.3. The van der Waals surface area contributed by atoms with E-state index in [4.69, 9.17) is 0 Å². The first-order chi connectivity index (χ1) is 14.5. The van der Waals surface area contributed by atoms with E-state index in [1.807, 2.05) is 42.5 Å². The predicted octanol–water partition coefficient (Wildman–Crippen LogP) is 0.352. The van der Waals surface area contributed by atoms with Crippen molar-refractivity contribution >= 4 is 34.4 Å². The maximum atomic E-state index is 12.3. The molecule has 4 amide bonds. The lowest BCUT2D eigenvalue weighted by atomic mass is 10.0. The summed E-state index contributed by atoms with van der Waals surface area (Å²) in [5.74, 6) is -1.23. The highest BCUT2D eigenvalue weighted by molar-refractivity contribution is 5.93. The van der Waals surface area contributed by atoms with E-state index in [-0.39, 0.29) is 37.2 Å². The number of fused-ring (bicyclic) bond motifs is 1. The van der Waals surface area contributed by atoms with Crippen molar-refractivity contribution < 1.29 is 19.2 Å². The summed E-state index contributed by atoms with van der Waals surface area (Å²) >= 11 is 0. The van der Waals surface area contributed by atoms with Gasteiger partial charge in [-0.15, -0.1) is 0 Å². The van der Waals surface area contributed by atoms with E-state index >= 15 is 0 Å². The quantitative estimate of drug-likeness (QED) is 0.612. The fourth-order valence-electron chi connectivity index (χ4n) is 3.70. The van der Waals surface area contributed by atoms with Gasteiger partial charge in [-0.1, -0.05) is 42.5 Å². The number of carbonyl (C=O) groups is 4. The first-order valence-electron chi connectivity index (χ1n) is 10.0.